The second-order valence-electron chi connectivity index (χ2n) is 7.02. The highest BCUT2D eigenvalue weighted by atomic mass is 32.1. The van der Waals surface area contributed by atoms with Crippen molar-refractivity contribution in [2.75, 3.05) is 26.4 Å². The van der Waals surface area contributed by atoms with Crippen molar-refractivity contribution in [1.82, 2.24) is 14.5 Å². The Bertz CT molecular complexity index is 1010. The zero-order valence-corrected chi connectivity index (χ0v) is 17.1. The van der Waals surface area contributed by atoms with E-state index in [-0.39, 0.29) is 5.82 Å². The smallest absolute Gasteiger partial charge is 0.190 e. The van der Waals surface area contributed by atoms with Crippen LogP contribution in [0, 0.1) is 18.7 Å². The molecule has 6 nitrogen and oxygen atoms in total. The first-order valence-corrected chi connectivity index (χ1v) is 10.5. The first-order chi connectivity index (χ1) is 14.2. The van der Waals surface area contributed by atoms with E-state index in [1.54, 1.807) is 30.7 Å². The lowest BCUT2D eigenvalue weighted by Gasteiger charge is -2.11. The van der Waals surface area contributed by atoms with Gasteiger partial charge in [0.1, 0.15) is 17.2 Å². The number of benzene rings is 1. The van der Waals surface area contributed by atoms with E-state index in [1.165, 1.54) is 17.4 Å². The number of thiazole rings is 1. The zero-order chi connectivity index (χ0) is 20.1. The van der Waals surface area contributed by atoms with Crippen LogP contribution in [0.4, 0.5) is 10.1 Å². The van der Waals surface area contributed by atoms with E-state index in [0.717, 1.165) is 36.6 Å². The van der Waals surface area contributed by atoms with E-state index in [9.17, 15) is 4.39 Å². The molecule has 1 aliphatic heterocycles. The van der Waals surface area contributed by atoms with Gasteiger partial charge >= 0.3 is 0 Å². The van der Waals surface area contributed by atoms with Crippen LogP contribution in [0.3, 0.4) is 0 Å². The fourth-order valence-electron chi connectivity index (χ4n) is 3.20. The van der Waals surface area contributed by atoms with Gasteiger partial charge in [-0.2, -0.15) is 0 Å². The number of aryl methyl sites for hydroxylation is 1. The van der Waals surface area contributed by atoms with Crippen molar-refractivity contribution in [3.63, 3.8) is 0 Å². The highest BCUT2D eigenvalue weighted by molar-refractivity contribution is 7.07. The largest absolute Gasteiger partial charge is 0.381 e. The summed E-state index contributed by atoms with van der Waals surface area (Å²) in [6, 6.07) is 4.93. The van der Waals surface area contributed by atoms with Crippen molar-refractivity contribution < 1.29 is 13.9 Å². The molecule has 4 rings (SSSR count). The Hall–Kier alpha value is -2.42. The maximum Gasteiger partial charge on any atom is 0.190 e. The molecule has 3 heterocycles. The summed E-state index contributed by atoms with van der Waals surface area (Å²) < 4.78 is 27.5. The summed E-state index contributed by atoms with van der Waals surface area (Å²) in [6.07, 6.45) is 6.06. The average molecular weight is 415 g/mol. The fourth-order valence-corrected chi connectivity index (χ4v) is 4.14. The van der Waals surface area contributed by atoms with Crippen LogP contribution in [0.5, 0.6) is 0 Å². The first kappa shape index (κ1) is 19.9. The molecule has 0 spiro atoms. The second-order valence-corrected chi connectivity index (χ2v) is 7.85. The Labute approximate surface area is 172 Å². The van der Waals surface area contributed by atoms with Gasteiger partial charge in [0, 0.05) is 36.8 Å². The predicted molar refractivity (Wildman–Crippen MR) is 109 cm³/mol. The van der Waals surface area contributed by atoms with Crippen LogP contribution in [0.25, 0.3) is 11.4 Å². The molecule has 0 saturated carbocycles. The standard InChI is InChI=1S/C21H23FN4O2S/c1-15-2-3-17(22)18(10-15)25-21-26(7-9-28-13-16-4-8-27-12-16)20(14-29-21)19-11-23-5-6-24-19/h2-3,5-6,10-11,14,16H,4,7-9,12-13H2,1H3. The molecule has 1 saturated heterocycles. The third-order valence-corrected chi connectivity index (χ3v) is 5.64. The fraction of sp³-hybridized carbons (Fsp3) is 0.381. The summed E-state index contributed by atoms with van der Waals surface area (Å²) in [5.74, 6) is 0.126. The third kappa shape index (κ3) is 4.95. The monoisotopic (exact) mass is 414 g/mol. The summed E-state index contributed by atoms with van der Waals surface area (Å²) in [4.78, 5) is 13.8. The van der Waals surface area contributed by atoms with E-state index < -0.39 is 0 Å². The van der Waals surface area contributed by atoms with Crippen LogP contribution in [0.15, 0.2) is 47.2 Å². The maximum absolute atomic E-state index is 14.2. The summed E-state index contributed by atoms with van der Waals surface area (Å²) in [5, 5.41) is 1.97. The van der Waals surface area contributed by atoms with Gasteiger partial charge in [-0.3, -0.25) is 9.97 Å². The van der Waals surface area contributed by atoms with E-state index >= 15 is 0 Å². The normalized spacial score (nSPS) is 17.2. The molecule has 1 aliphatic rings. The quantitative estimate of drug-likeness (QED) is 0.553. The lowest BCUT2D eigenvalue weighted by molar-refractivity contribution is 0.0845. The zero-order valence-electron chi connectivity index (χ0n) is 16.3. The minimum Gasteiger partial charge on any atom is -0.381 e. The number of ether oxygens (including phenoxy) is 2. The third-order valence-electron chi connectivity index (χ3n) is 4.78. The van der Waals surface area contributed by atoms with Crippen molar-refractivity contribution in [2.24, 2.45) is 10.9 Å². The van der Waals surface area contributed by atoms with Gasteiger partial charge in [-0.15, -0.1) is 11.3 Å². The SMILES string of the molecule is Cc1ccc(F)c(N=c2scc(-c3cnccn3)n2CCOCC2CCOC2)c1. The molecule has 29 heavy (non-hydrogen) atoms. The highest BCUT2D eigenvalue weighted by Gasteiger charge is 2.16. The molecule has 152 valence electrons. The van der Waals surface area contributed by atoms with Crippen molar-refractivity contribution >= 4 is 17.0 Å². The van der Waals surface area contributed by atoms with E-state index in [2.05, 4.69) is 15.0 Å². The average Bonchev–Trinajstić information content (AvgIpc) is 3.39. The first-order valence-electron chi connectivity index (χ1n) is 9.62. The van der Waals surface area contributed by atoms with E-state index in [1.807, 2.05) is 16.9 Å². The van der Waals surface area contributed by atoms with Gasteiger partial charge in [-0.05, 0) is 31.0 Å². The topological polar surface area (TPSA) is 61.5 Å². The Balaban J connectivity index is 1.61. The number of hydrogen-bond donors (Lipinski definition) is 0. The van der Waals surface area contributed by atoms with Crippen LogP contribution in [0.1, 0.15) is 12.0 Å². The molecule has 1 aromatic carbocycles. The number of nitrogens with zero attached hydrogens (tertiary/aromatic N) is 4. The van der Waals surface area contributed by atoms with Crippen LogP contribution in [0.2, 0.25) is 0 Å². The van der Waals surface area contributed by atoms with Gasteiger partial charge in [0.25, 0.3) is 0 Å². The van der Waals surface area contributed by atoms with Crippen molar-refractivity contribution in [1.29, 1.82) is 0 Å². The summed E-state index contributed by atoms with van der Waals surface area (Å²) in [5.41, 5.74) is 2.93. The van der Waals surface area contributed by atoms with Crippen LogP contribution >= 0.6 is 11.3 Å². The second kappa shape index (κ2) is 9.39. The van der Waals surface area contributed by atoms with Crippen LogP contribution in [-0.2, 0) is 16.0 Å². The summed E-state index contributed by atoms with van der Waals surface area (Å²) in [7, 11) is 0. The molecule has 0 bridgehead atoms. The van der Waals surface area contributed by atoms with E-state index in [4.69, 9.17) is 9.47 Å². The minimum absolute atomic E-state index is 0.329. The van der Waals surface area contributed by atoms with Crippen molar-refractivity contribution in [3.05, 3.63) is 58.4 Å². The van der Waals surface area contributed by atoms with Gasteiger partial charge in [0.2, 0.25) is 0 Å². The number of hydrogen-bond acceptors (Lipinski definition) is 6. The molecule has 8 heteroatoms. The Kier molecular flexibility index (Phi) is 6.43. The summed E-state index contributed by atoms with van der Waals surface area (Å²) >= 11 is 1.45. The molecular formula is C21H23FN4O2S. The molecule has 1 unspecified atom stereocenters. The Morgan fingerprint density at radius 1 is 1.38 bits per heavy atom. The molecular weight excluding hydrogens is 391 g/mol. The van der Waals surface area contributed by atoms with Gasteiger partial charge in [-0.1, -0.05) is 6.07 Å². The Morgan fingerprint density at radius 2 is 2.31 bits per heavy atom. The minimum atomic E-state index is -0.339. The molecule has 0 amide bonds. The van der Waals surface area contributed by atoms with Gasteiger partial charge in [-0.25, -0.2) is 9.38 Å². The van der Waals surface area contributed by atoms with Gasteiger partial charge in [0.05, 0.1) is 31.7 Å². The van der Waals surface area contributed by atoms with Gasteiger partial charge in [0.15, 0.2) is 4.80 Å². The predicted octanol–water partition coefficient (Wildman–Crippen LogP) is 3.74. The maximum atomic E-state index is 14.2. The number of aromatic nitrogens is 3. The highest BCUT2D eigenvalue weighted by Crippen LogP contribution is 2.21. The molecule has 1 atom stereocenters. The van der Waals surface area contributed by atoms with Crippen LogP contribution in [-0.4, -0.2) is 41.0 Å². The number of rotatable bonds is 7. The van der Waals surface area contributed by atoms with Gasteiger partial charge < -0.3 is 14.0 Å². The molecule has 0 aliphatic carbocycles. The Morgan fingerprint density at radius 3 is 3.10 bits per heavy atom. The lowest BCUT2D eigenvalue weighted by atomic mass is 10.1. The van der Waals surface area contributed by atoms with E-state index in [0.29, 0.717) is 36.2 Å². The summed E-state index contributed by atoms with van der Waals surface area (Å²) in [6.45, 7) is 5.31. The molecule has 3 aromatic rings. The van der Waals surface area contributed by atoms with Crippen molar-refractivity contribution in [3.8, 4) is 11.4 Å². The van der Waals surface area contributed by atoms with Crippen molar-refractivity contribution in [2.45, 2.75) is 19.9 Å². The lowest BCUT2D eigenvalue weighted by Crippen LogP contribution is -2.20. The van der Waals surface area contributed by atoms with Crippen LogP contribution < -0.4 is 4.80 Å². The molecule has 2 aromatic heterocycles. The molecule has 0 radical (unpaired) electrons. The molecule has 1 fully saturated rings. The molecule has 0 N–H and O–H groups in total. The number of halogens is 1.